The van der Waals surface area contributed by atoms with E-state index >= 15 is 0 Å². The summed E-state index contributed by atoms with van der Waals surface area (Å²) in [7, 11) is 0. The Hall–Kier alpha value is -2.61. The van der Waals surface area contributed by atoms with Crippen LogP contribution in [0.2, 0.25) is 0 Å². The van der Waals surface area contributed by atoms with Crippen molar-refractivity contribution in [3.05, 3.63) is 90.6 Å². The van der Waals surface area contributed by atoms with E-state index in [0.717, 1.165) is 11.1 Å². The minimum atomic E-state index is -0.934. The number of benzene rings is 1. The van der Waals surface area contributed by atoms with Crippen molar-refractivity contribution in [1.29, 1.82) is 0 Å². The zero-order valence-corrected chi connectivity index (χ0v) is 11.3. The Bertz CT molecular complexity index is 560. The van der Waals surface area contributed by atoms with Crippen molar-refractivity contribution in [2.75, 3.05) is 0 Å². The number of rotatable bonds is 7. The molecule has 0 bridgehead atoms. The first-order chi connectivity index (χ1) is 9.67. The maximum atomic E-state index is 11.2. The van der Waals surface area contributed by atoms with Gasteiger partial charge in [0, 0.05) is 5.57 Å². The molecule has 0 aromatic heterocycles. The lowest BCUT2D eigenvalue weighted by molar-refractivity contribution is -0.132. The molecule has 102 valence electrons. The fraction of sp³-hybridized carbons (Fsp3) is 0.0556. The van der Waals surface area contributed by atoms with E-state index in [-0.39, 0.29) is 0 Å². The van der Waals surface area contributed by atoms with E-state index in [1.807, 2.05) is 42.5 Å². The van der Waals surface area contributed by atoms with Gasteiger partial charge in [0.05, 0.1) is 0 Å². The Morgan fingerprint density at radius 2 is 1.90 bits per heavy atom. The molecule has 0 fully saturated rings. The van der Waals surface area contributed by atoms with Gasteiger partial charge in [-0.15, -0.1) is 6.58 Å². The van der Waals surface area contributed by atoms with Crippen molar-refractivity contribution >= 4 is 12.0 Å². The van der Waals surface area contributed by atoms with Crippen LogP contribution in [0.15, 0.2) is 85.0 Å². The molecule has 1 aromatic rings. The van der Waals surface area contributed by atoms with Gasteiger partial charge in [-0.25, -0.2) is 4.79 Å². The van der Waals surface area contributed by atoms with Crippen LogP contribution in [0.3, 0.4) is 0 Å². The number of hydrogen-bond donors (Lipinski definition) is 1. The summed E-state index contributed by atoms with van der Waals surface area (Å²) in [4.78, 5) is 11.2. The van der Waals surface area contributed by atoms with Crippen LogP contribution in [0.1, 0.15) is 12.0 Å². The van der Waals surface area contributed by atoms with Crippen molar-refractivity contribution in [2.45, 2.75) is 6.42 Å². The van der Waals surface area contributed by atoms with E-state index < -0.39 is 5.97 Å². The highest BCUT2D eigenvalue weighted by Crippen LogP contribution is 2.14. The van der Waals surface area contributed by atoms with Crippen molar-refractivity contribution in [2.24, 2.45) is 0 Å². The summed E-state index contributed by atoms with van der Waals surface area (Å²) in [5, 5.41) is 9.16. The molecule has 0 heterocycles. The fourth-order valence-electron chi connectivity index (χ4n) is 1.62. The van der Waals surface area contributed by atoms with E-state index in [2.05, 4.69) is 13.2 Å². The van der Waals surface area contributed by atoms with Crippen LogP contribution >= 0.6 is 0 Å². The number of allylic oxidation sites excluding steroid dienone is 6. The molecule has 1 rings (SSSR count). The Labute approximate surface area is 119 Å². The monoisotopic (exact) mass is 266 g/mol. The van der Waals surface area contributed by atoms with Crippen molar-refractivity contribution in [3.63, 3.8) is 0 Å². The predicted molar refractivity (Wildman–Crippen MR) is 84.3 cm³/mol. The third-order valence-electron chi connectivity index (χ3n) is 2.54. The average Bonchev–Trinajstić information content (AvgIpc) is 2.45. The zero-order chi connectivity index (χ0) is 14.8. The van der Waals surface area contributed by atoms with Gasteiger partial charge in [0.1, 0.15) is 0 Å². The van der Waals surface area contributed by atoms with Gasteiger partial charge < -0.3 is 5.11 Å². The number of aliphatic carboxylic acids is 1. The zero-order valence-electron chi connectivity index (χ0n) is 11.3. The Kier molecular flexibility index (Phi) is 6.55. The molecule has 1 N–H and O–H groups in total. The molecule has 2 nitrogen and oxygen atoms in total. The van der Waals surface area contributed by atoms with Crippen LogP contribution in [-0.2, 0) is 4.79 Å². The molecule has 0 saturated heterocycles. The van der Waals surface area contributed by atoms with Gasteiger partial charge in [-0.05, 0) is 29.7 Å². The first-order valence-corrected chi connectivity index (χ1v) is 6.28. The average molecular weight is 266 g/mol. The highest BCUT2D eigenvalue weighted by atomic mass is 16.4. The summed E-state index contributed by atoms with van der Waals surface area (Å²) in [6.45, 7) is 7.20. The molecule has 0 unspecified atom stereocenters. The second-order valence-corrected chi connectivity index (χ2v) is 4.12. The van der Waals surface area contributed by atoms with Gasteiger partial charge in [0.15, 0.2) is 0 Å². The SMILES string of the molecule is C=CC=CC(=Cc1ccccc1)C=C(CC=C)C(=O)O. The van der Waals surface area contributed by atoms with E-state index in [1.165, 1.54) is 0 Å². The number of carboxylic acid groups (broad SMARTS) is 1. The molecule has 0 amide bonds. The van der Waals surface area contributed by atoms with E-state index in [0.29, 0.717) is 12.0 Å². The normalized spacial score (nSPS) is 12.4. The van der Waals surface area contributed by atoms with Gasteiger partial charge in [0.25, 0.3) is 0 Å². The Morgan fingerprint density at radius 1 is 1.20 bits per heavy atom. The van der Waals surface area contributed by atoms with Crippen LogP contribution in [-0.4, -0.2) is 11.1 Å². The molecule has 0 atom stereocenters. The van der Waals surface area contributed by atoms with Crippen LogP contribution < -0.4 is 0 Å². The van der Waals surface area contributed by atoms with E-state index in [4.69, 9.17) is 5.11 Å². The number of carboxylic acids is 1. The molecular formula is C18H18O2. The molecule has 0 saturated carbocycles. The van der Waals surface area contributed by atoms with Gasteiger partial charge >= 0.3 is 5.97 Å². The maximum Gasteiger partial charge on any atom is 0.331 e. The lowest BCUT2D eigenvalue weighted by atomic mass is 10.0. The molecule has 20 heavy (non-hydrogen) atoms. The largest absolute Gasteiger partial charge is 0.478 e. The van der Waals surface area contributed by atoms with E-state index in [9.17, 15) is 4.79 Å². The summed E-state index contributed by atoms with van der Waals surface area (Å²) < 4.78 is 0. The smallest absolute Gasteiger partial charge is 0.331 e. The van der Waals surface area contributed by atoms with Gasteiger partial charge in [0.2, 0.25) is 0 Å². The van der Waals surface area contributed by atoms with Gasteiger partial charge in [-0.3, -0.25) is 0 Å². The van der Waals surface area contributed by atoms with Crippen molar-refractivity contribution < 1.29 is 9.90 Å². The van der Waals surface area contributed by atoms with Gasteiger partial charge in [-0.1, -0.05) is 61.2 Å². The van der Waals surface area contributed by atoms with Crippen molar-refractivity contribution in [3.8, 4) is 0 Å². The maximum absolute atomic E-state index is 11.2. The van der Waals surface area contributed by atoms with Crippen molar-refractivity contribution in [1.82, 2.24) is 0 Å². The highest BCUT2D eigenvalue weighted by Gasteiger charge is 2.05. The highest BCUT2D eigenvalue weighted by molar-refractivity contribution is 5.88. The lowest BCUT2D eigenvalue weighted by Crippen LogP contribution is -1.99. The first-order valence-electron chi connectivity index (χ1n) is 6.28. The first kappa shape index (κ1) is 15.4. The third kappa shape index (κ3) is 5.36. The molecule has 2 heteroatoms. The van der Waals surface area contributed by atoms with Gasteiger partial charge in [-0.2, -0.15) is 0 Å². The molecule has 0 radical (unpaired) electrons. The summed E-state index contributed by atoms with van der Waals surface area (Å²) in [6.07, 6.45) is 10.7. The standard InChI is InChI=1S/C18H18O2/c1-3-5-10-16(13-15-11-7-6-8-12-15)14-17(9-4-2)18(19)20/h3-8,10-14H,1-2,9H2,(H,19,20). The lowest BCUT2D eigenvalue weighted by Gasteiger charge is -2.01. The summed E-state index contributed by atoms with van der Waals surface area (Å²) in [5.41, 5.74) is 2.11. The summed E-state index contributed by atoms with van der Waals surface area (Å²) >= 11 is 0. The molecule has 0 aliphatic rings. The molecule has 0 spiro atoms. The minimum Gasteiger partial charge on any atom is -0.478 e. The molecule has 0 aliphatic heterocycles. The third-order valence-corrected chi connectivity index (χ3v) is 2.54. The van der Waals surface area contributed by atoms with Crippen LogP contribution in [0.5, 0.6) is 0 Å². The van der Waals surface area contributed by atoms with Crippen LogP contribution in [0.25, 0.3) is 6.08 Å². The summed E-state index contributed by atoms with van der Waals surface area (Å²) in [6, 6.07) is 9.73. The quantitative estimate of drug-likeness (QED) is 0.451. The second kappa shape index (κ2) is 8.48. The minimum absolute atomic E-state index is 0.302. The van der Waals surface area contributed by atoms with Crippen LogP contribution in [0.4, 0.5) is 0 Å². The van der Waals surface area contributed by atoms with Crippen LogP contribution in [0, 0.1) is 0 Å². The fourth-order valence-corrected chi connectivity index (χ4v) is 1.62. The Balaban J connectivity index is 3.18. The molecule has 0 aliphatic carbocycles. The predicted octanol–water partition coefficient (Wildman–Crippen LogP) is 4.40. The second-order valence-electron chi connectivity index (χ2n) is 4.12. The Morgan fingerprint density at radius 3 is 2.45 bits per heavy atom. The molecule has 1 aromatic carbocycles. The molecular weight excluding hydrogens is 248 g/mol. The van der Waals surface area contributed by atoms with E-state index in [1.54, 1.807) is 24.3 Å². The number of carbonyl (C=O) groups is 1. The summed E-state index contributed by atoms with van der Waals surface area (Å²) in [5.74, 6) is -0.934. The topological polar surface area (TPSA) is 37.3 Å². The number of hydrogen-bond acceptors (Lipinski definition) is 1.